The molecule has 1 N–H and O–H groups in total. The minimum atomic E-state index is -0.660. The predicted molar refractivity (Wildman–Crippen MR) is 107 cm³/mol. The van der Waals surface area contributed by atoms with Crippen molar-refractivity contribution < 1.29 is 13.6 Å². The summed E-state index contributed by atoms with van der Waals surface area (Å²) in [6.45, 7) is 6.25. The summed E-state index contributed by atoms with van der Waals surface area (Å²) in [7, 11) is 0. The van der Waals surface area contributed by atoms with E-state index < -0.39 is 17.0 Å². The molecule has 0 radical (unpaired) electrons. The number of nitrogens with one attached hydrogen (secondary N) is 1. The van der Waals surface area contributed by atoms with E-state index in [1.54, 1.807) is 12.3 Å². The van der Waals surface area contributed by atoms with Crippen molar-refractivity contribution in [2.24, 2.45) is 10.8 Å². The van der Waals surface area contributed by atoms with E-state index in [-0.39, 0.29) is 28.5 Å². The van der Waals surface area contributed by atoms with Crippen LogP contribution in [0.5, 0.6) is 0 Å². The van der Waals surface area contributed by atoms with Crippen LogP contribution in [0, 0.1) is 22.5 Å². The Morgan fingerprint density at radius 2 is 1.83 bits per heavy atom. The van der Waals surface area contributed by atoms with Crippen LogP contribution in [-0.4, -0.2) is 22.1 Å². The van der Waals surface area contributed by atoms with Gasteiger partial charge < -0.3 is 5.32 Å². The summed E-state index contributed by atoms with van der Waals surface area (Å²) < 4.78 is 28.5. The van der Waals surface area contributed by atoms with E-state index in [1.165, 1.54) is 24.6 Å². The zero-order valence-corrected chi connectivity index (χ0v) is 17.1. The molecule has 2 aromatic rings. The van der Waals surface area contributed by atoms with Crippen LogP contribution in [0.15, 0.2) is 30.5 Å². The number of aromatic nitrogens is 2. The number of nitrogens with zero attached hydrogens (tertiary/aromatic N) is 2. The van der Waals surface area contributed by atoms with Gasteiger partial charge in [-0.25, -0.2) is 8.78 Å². The van der Waals surface area contributed by atoms with Crippen LogP contribution < -0.4 is 5.32 Å². The molecule has 2 aliphatic carbocycles. The van der Waals surface area contributed by atoms with E-state index in [4.69, 9.17) is 0 Å². The molecule has 1 aromatic heterocycles. The maximum absolute atomic E-state index is 14.2. The second-order valence-electron chi connectivity index (χ2n) is 9.22. The molecule has 0 saturated heterocycles. The van der Waals surface area contributed by atoms with Gasteiger partial charge in [0, 0.05) is 6.04 Å². The van der Waals surface area contributed by atoms with Gasteiger partial charge in [0.1, 0.15) is 11.6 Å². The number of benzene rings is 1. The van der Waals surface area contributed by atoms with E-state index in [0.717, 1.165) is 31.2 Å². The summed E-state index contributed by atoms with van der Waals surface area (Å²) in [5.41, 5.74) is 0.0295. The first-order chi connectivity index (χ1) is 13.7. The topological polar surface area (TPSA) is 54.9 Å². The number of hydrogen-bond donors (Lipinski definition) is 1. The van der Waals surface area contributed by atoms with Crippen molar-refractivity contribution in [1.82, 2.24) is 15.5 Å². The molecular formula is C23H27F2N3O. The average Bonchev–Trinajstić information content (AvgIpc) is 2.88. The molecule has 0 bridgehead atoms. The Kier molecular flexibility index (Phi) is 4.91. The summed E-state index contributed by atoms with van der Waals surface area (Å²) >= 11 is 0. The zero-order chi connectivity index (χ0) is 20.8. The third kappa shape index (κ3) is 3.22. The molecule has 0 aliphatic heterocycles. The molecule has 6 heteroatoms. The monoisotopic (exact) mass is 399 g/mol. The normalized spacial score (nSPS) is 26.2. The first-order valence-corrected chi connectivity index (χ1v) is 10.3. The van der Waals surface area contributed by atoms with Crippen molar-refractivity contribution in [2.45, 2.75) is 64.8 Å². The van der Waals surface area contributed by atoms with Gasteiger partial charge >= 0.3 is 0 Å². The molecule has 2 aliphatic rings. The number of carbonyl (C=O) groups excluding carboxylic acids is 1. The highest BCUT2D eigenvalue weighted by Crippen LogP contribution is 2.60. The quantitative estimate of drug-likeness (QED) is 0.787. The Balaban J connectivity index is 1.65. The Hall–Kier alpha value is -2.37. The van der Waals surface area contributed by atoms with Crippen LogP contribution in [0.3, 0.4) is 0 Å². The maximum atomic E-state index is 14.2. The Morgan fingerprint density at radius 3 is 2.45 bits per heavy atom. The van der Waals surface area contributed by atoms with Crippen molar-refractivity contribution in [3.63, 3.8) is 0 Å². The highest BCUT2D eigenvalue weighted by atomic mass is 19.1. The third-order valence-corrected chi connectivity index (χ3v) is 7.46. The number of amides is 1. The van der Waals surface area contributed by atoms with Gasteiger partial charge in [-0.05, 0) is 67.2 Å². The number of halogens is 2. The molecule has 1 aromatic carbocycles. The second kappa shape index (κ2) is 7.15. The zero-order valence-electron chi connectivity index (χ0n) is 17.1. The molecule has 0 unspecified atom stereocenters. The third-order valence-electron chi connectivity index (χ3n) is 7.46. The van der Waals surface area contributed by atoms with Gasteiger partial charge in [-0.2, -0.15) is 10.2 Å². The van der Waals surface area contributed by atoms with Crippen molar-refractivity contribution in [3.05, 3.63) is 47.7 Å². The van der Waals surface area contributed by atoms with Gasteiger partial charge in [0.05, 0.1) is 22.9 Å². The molecule has 2 fully saturated rings. The maximum Gasteiger partial charge on any atom is 0.226 e. The minimum absolute atomic E-state index is 0.0451. The summed E-state index contributed by atoms with van der Waals surface area (Å²) in [5, 5.41) is 11.2. The molecular weight excluding hydrogens is 372 g/mol. The first kappa shape index (κ1) is 19.9. The summed E-state index contributed by atoms with van der Waals surface area (Å²) in [5.74, 6) is -1.17. The SMILES string of the molecule is CC1(C)[C@@H](c2cnnc(-c3c(F)cccc3F)c2)CC[C@]1(C)C(=O)NC1CCC1. The number of hydrogen-bond acceptors (Lipinski definition) is 3. The lowest BCUT2D eigenvalue weighted by atomic mass is 9.63. The van der Waals surface area contributed by atoms with Crippen molar-refractivity contribution >= 4 is 5.91 Å². The molecule has 29 heavy (non-hydrogen) atoms. The lowest BCUT2D eigenvalue weighted by Gasteiger charge is -2.42. The summed E-state index contributed by atoms with van der Waals surface area (Å²) in [4.78, 5) is 13.1. The molecule has 1 amide bonds. The van der Waals surface area contributed by atoms with Crippen molar-refractivity contribution in [3.8, 4) is 11.3 Å². The van der Waals surface area contributed by atoms with Gasteiger partial charge in [0.15, 0.2) is 0 Å². The van der Waals surface area contributed by atoms with Crippen molar-refractivity contribution in [1.29, 1.82) is 0 Å². The van der Waals surface area contributed by atoms with E-state index in [9.17, 15) is 13.6 Å². The fraction of sp³-hybridized carbons (Fsp3) is 0.522. The van der Waals surface area contributed by atoms with E-state index in [0.29, 0.717) is 6.04 Å². The van der Waals surface area contributed by atoms with Gasteiger partial charge in [0.25, 0.3) is 0 Å². The molecule has 2 saturated carbocycles. The first-order valence-electron chi connectivity index (χ1n) is 10.3. The molecule has 0 spiro atoms. The van der Waals surface area contributed by atoms with Crippen LogP contribution >= 0.6 is 0 Å². The van der Waals surface area contributed by atoms with E-state index in [2.05, 4.69) is 29.4 Å². The lowest BCUT2D eigenvalue weighted by Crippen LogP contribution is -2.51. The van der Waals surface area contributed by atoms with Crippen LogP contribution in [0.1, 0.15) is 64.4 Å². The predicted octanol–water partition coefficient (Wildman–Crippen LogP) is 5.00. The van der Waals surface area contributed by atoms with Crippen LogP contribution in [0.2, 0.25) is 0 Å². The Morgan fingerprint density at radius 1 is 1.14 bits per heavy atom. The molecule has 154 valence electrons. The van der Waals surface area contributed by atoms with Gasteiger partial charge in [-0.1, -0.05) is 26.8 Å². The Labute approximate surface area is 170 Å². The van der Waals surface area contributed by atoms with Gasteiger partial charge in [-0.15, -0.1) is 0 Å². The highest BCUT2D eigenvalue weighted by Gasteiger charge is 2.56. The van der Waals surface area contributed by atoms with Crippen LogP contribution in [0.25, 0.3) is 11.3 Å². The van der Waals surface area contributed by atoms with Gasteiger partial charge in [0.2, 0.25) is 5.91 Å². The van der Waals surface area contributed by atoms with E-state index in [1.807, 2.05) is 6.92 Å². The molecule has 4 rings (SSSR count). The standard InChI is InChI=1S/C23H27F2N3O/c1-22(2)16(10-11-23(22,3)21(29)27-15-6-4-7-15)14-12-19(28-26-13-14)20-17(24)8-5-9-18(20)25/h5,8-9,12-13,15-16H,4,6-7,10-11H2,1-3H3,(H,27,29)/t16-,23-/m1/s1. The fourth-order valence-corrected chi connectivity index (χ4v) is 4.82. The number of carbonyl (C=O) groups is 1. The van der Waals surface area contributed by atoms with Crippen molar-refractivity contribution in [2.75, 3.05) is 0 Å². The minimum Gasteiger partial charge on any atom is -0.353 e. The van der Waals surface area contributed by atoms with Gasteiger partial charge in [-0.3, -0.25) is 4.79 Å². The molecule has 4 nitrogen and oxygen atoms in total. The average molecular weight is 399 g/mol. The van der Waals surface area contributed by atoms with E-state index >= 15 is 0 Å². The fourth-order valence-electron chi connectivity index (χ4n) is 4.82. The van der Waals surface area contributed by atoms with Crippen LogP contribution in [0.4, 0.5) is 8.78 Å². The Bertz CT molecular complexity index is 921. The number of rotatable bonds is 4. The lowest BCUT2D eigenvalue weighted by molar-refractivity contribution is -0.136. The summed E-state index contributed by atoms with van der Waals surface area (Å²) in [6, 6.07) is 5.78. The molecule has 1 heterocycles. The largest absolute Gasteiger partial charge is 0.353 e. The summed E-state index contributed by atoms with van der Waals surface area (Å²) in [6.07, 6.45) is 6.51. The smallest absolute Gasteiger partial charge is 0.226 e. The molecule has 2 atom stereocenters. The van der Waals surface area contributed by atoms with Crippen LogP contribution in [-0.2, 0) is 4.79 Å². The highest BCUT2D eigenvalue weighted by molar-refractivity contribution is 5.84. The second-order valence-corrected chi connectivity index (χ2v) is 9.22.